The van der Waals surface area contributed by atoms with Crippen LogP contribution in [0.1, 0.15) is 7.43 Å². The Morgan fingerprint density at radius 2 is 1.50 bits per heavy atom. The Balaban J connectivity index is 0.000000490. The van der Waals surface area contributed by atoms with Gasteiger partial charge in [0.1, 0.15) is 5.75 Å². The van der Waals surface area contributed by atoms with Crippen LogP contribution in [-0.2, 0) is 0 Å². The van der Waals surface area contributed by atoms with Gasteiger partial charge in [0.05, 0.1) is 0 Å². The first-order valence-electron chi connectivity index (χ1n) is 2.13. The summed E-state index contributed by atoms with van der Waals surface area (Å²) in [6, 6.07) is 8.71. The van der Waals surface area contributed by atoms with Crippen molar-refractivity contribution >= 4 is 0 Å². The van der Waals surface area contributed by atoms with Gasteiger partial charge in [0.25, 0.3) is 0 Å². The van der Waals surface area contributed by atoms with E-state index in [9.17, 15) is 0 Å². The number of phenolic OH excluding ortho intramolecular Hbond substituents is 1. The fourth-order valence-electron chi connectivity index (χ4n) is 0.428. The van der Waals surface area contributed by atoms with Crippen LogP contribution in [0.25, 0.3) is 0 Å². The molecule has 44 valence electrons. The van der Waals surface area contributed by atoms with Crippen LogP contribution in [-0.4, -0.2) is 5.11 Å². The number of hydrogen-bond donors (Lipinski definition) is 1. The van der Waals surface area contributed by atoms with Gasteiger partial charge in [-0.2, -0.15) is 0 Å². The maximum atomic E-state index is 8.63. The molecular formula is C7H10O. The summed E-state index contributed by atoms with van der Waals surface area (Å²) in [6.45, 7) is 0. The van der Waals surface area contributed by atoms with E-state index in [2.05, 4.69) is 0 Å². The third kappa shape index (κ3) is 1.65. The molecular weight excluding hydrogens is 100 g/mol. The minimum atomic E-state index is 0. The Bertz CT molecular complexity index is 134. The van der Waals surface area contributed by atoms with Crippen LogP contribution < -0.4 is 0 Å². The minimum absolute atomic E-state index is 0. The summed E-state index contributed by atoms with van der Waals surface area (Å²) in [5.41, 5.74) is 0. The summed E-state index contributed by atoms with van der Waals surface area (Å²) < 4.78 is 0. The number of benzene rings is 1. The summed E-state index contributed by atoms with van der Waals surface area (Å²) in [5.74, 6) is 0.322. The van der Waals surface area contributed by atoms with Gasteiger partial charge in [-0.15, -0.1) is 0 Å². The molecule has 1 heteroatoms. The van der Waals surface area contributed by atoms with Gasteiger partial charge in [0, 0.05) is 0 Å². The van der Waals surface area contributed by atoms with Crippen molar-refractivity contribution in [3.8, 4) is 5.75 Å². The van der Waals surface area contributed by atoms with Crippen molar-refractivity contribution in [2.45, 2.75) is 7.43 Å². The molecule has 1 rings (SSSR count). The van der Waals surface area contributed by atoms with E-state index in [1.807, 2.05) is 6.07 Å². The molecule has 1 aromatic carbocycles. The fourth-order valence-corrected chi connectivity index (χ4v) is 0.428. The van der Waals surface area contributed by atoms with Gasteiger partial charge >= 0.3 is 0 Å². The molecule has 1 N–H and O–H groups in total. The largest absolute Gasteiger partial charge is 0.508 e. The minimum Gasteiger partial charge on any atom is -0.508 e. The summed E-state index contributed by atoms with van der Waals surface area (Å²) in [7, 11) is 0. The number of rotatable bonds is 0. The Kier molecular flexibility index (Phi) is 2.70. The van der Waals surface area contributed by atoms with E-state index < -0.39 is 0 Å². The summed E-state index contributed by atoms with van der Waals surface area (Å²) in [6.07, 6.45) is 0. The van der Waals surface area contributed by atoms with E-state index in [0.717, 1.165) is 0 Å². The Morgan fingerprint density at radius 1 is 1.00 bits per heavy atom. The lowest BCUT2D eigenvalue weighted by Crippen LogP contribution is -1.56. The number of hydrogen-bond acceptors (Lipinski definition) is 1. The Labute approximate surface area is 49.6 Å². The molecule has 0 saturated carbocycles. The van der Waals surface area contributed by atoms with Crippen molar-refractivity contribution in [1.29, 1.82) is 0 Å². The van der Waals surface area contributed by atoms with E-state index >= 15 is 0 Å². The molecule has 0 spiro atoms. The zero-order chi connectivity index (χ0) is 5.11. The normalized spacial score (nSPS) is 7.50. The zero-order valence-corrected chi connectivity index (χ0v) is 3.83. The van der Waals surface area contributed by atoms with Gasteiger partial charge in [-0.05, 0) is 12.1 Å². The van der Waals surface area contributed by atoms with Gasteiger partial charge in [0.15, 0.2) is 0 Å². The van der Waals surface area contributed by atoms with Crippen molar-refractivity contribution < 1.29 is 5.11 Å². The van der Waals surface area contributed by atoms with Crippen molar-refractivity contribution in [3.63, 3.8) is 0 Å². The van der Waals surface area contributed by atoms with Crippen LogP contribution in [0.15, 0.2) is 30.3 Å². The quantitative estimate of drug-likeness (QED) is 0.541. The summed E-state index contributed by atoms with van der Waals surface area (Å²) >= 11 is 0. The summed E-state index contributed by atoms with van der Waals surface area (Å²) in [5, 5.41) is 8.63. The van der Waals surface area contributed by atoms with Gasteiger partial charge in [-0.1, -0.05) is 25.6 Å². The Morgan fingerprint density at radius 3 is 1.75 bits per heavy atom. The zero-order valence-electron chi connectivity index (χ0n) is 3.83. The number of para-hydroxylation sites is 1. The second-order valence-electron chi connectivity index (χ2n) is 1.34. The highest BCUT2D eigenvalue weighted by molar-refractivity contribution is 5.18. The lowest BCUT2D eigenvalue weighted by atomic mass is 10.3. The van der Waals surface area contributed by atoms with Gasteiger partial charge < -0.3 is 5.11 Å². The molecule has 1 aromatic rings. The molecule has 0 aliphatic heterocycles. The van der Waals surface area contributed by atoms with Crippen molar-refractivity contribution in [3.05, 3.63) is 30.3 Å². The first-order chi connectivity index (χ1) is 3.39. The van der Waals surface area contributed by atoms with Gasteiger partial charge in [0.2, 0.25) is 0 Å². The topological polar surface area (TPSA) is 20.2 Å². The highest BCUT2D eigenvalue weighted by atomic mass is 16.3. The highest BCUT2D eigenvalue weighted by Gasteiger charge is 1.74. The second-order valence-corrected chi connectivity index (χ2v) is 1.34. The second kappa shape index (κ2) is 3.08. The molecule has 0 unspecified atom stereocenters. The molecule has 0 saturated heterocycles. The third-order valence-electron chi connectivity index (χ3n) is 0.756. The van der Waals surface area contributed by atoms with E-state index in [0.29, 0.717) is 5.75 Å². The van der Waals surface area contributed by atoms with Crippen LogP contribution in [0.3, 0.4) is 0 Å². The van der Waals surface area contributed by atoms with Crippen LogP contribution in [0.4, 0.5) is 0 Å². The molecule has 0 aromatic heterocycles. The first kappa shape index (κ1) is 7.02. The molecule has 0 fully saturated rings. The number of aromatic hydroxyl groups is 1. The molecule has 0 aliphatic rings. The summed E-state index contributed by atoms with van der Waals surface area (Å²) in [4.78, 5) is 0. The lowest BCUT2D eigenvalue weighted by Gasteiger charge is -1.82. The maximum Gasteiger partial charge on any atom is 0.115 e. The molecule has 8 heavy (non-hydrogen) atoms. The molecule has 0 aliphatic carbocycles. The highest BCUT2D eigenvalue weighted by Crippen LogP contribution is 2.02. The van der Waals surface area contributed by atoms with Crippen LogP contribution in [0.5, 0.6) is 5.75 Å². The van der Waals surface area contributed by atoms with Crippen LogP contribution in [0.2, 0.25) is 0 Å². The molecule has 0 amide bonds. The van der Waals surface area contributed by atoms with Crippen LogP contribution >= 0.6 is 0 Å². The first-order valence-corrected chi connectivity index (χ1v) is 2.13. The standard InChI is InChI=1S/C6H6O.CH4/c7-6-4-2-1-3-5-6;/h1-5,7H;1H4. The van der Waals surface area contributed by atoms with Crippen molar-refractivity contribution in [2.24, 2.45) is 0 Å². The van der Waals surface area contributed by atoms with E-state index in [1.165, 1.54) is 0 Å². The van der Waals surface area contributed by atoms with Crippen molar-refractivity contribution in [2.75, 3.05) is 0 Å². The lowest BCUT2D eigenvalue weighted by molar-refractivity contribution is 0.475. The predicted molar refractivity (Wildman–Crippen MR) is 34.8 cm³/mol. The van der Waals surface area contributed by atoms with Crippen molar-refractivity contribution in [1.82, 2.24) is 0 Å². The van der Waals surface area contributed by atoms with Gasteiger partial charge in [-0.3, -0.25) is 0 Å². The smallest absolute Gasteiger partial charge is 0.115 e. The molecule has 0 radical (unpaired) electrons. The number of phenols is 1. The van der Waals surface area contributed by atoms with E-state index in [-0.39, 0.29) is 7.43 Å². The monoisotopic (exact) mass is 110 g/mol. The fraction of sp³-hybridized carbons (Fsp3) is 0.143. The van der Waals surface area contributed by atoms with E-state index in [1.54, 1.807) is 24.3 Å². The van der Waals surface area contributed by atoms with Crippen LogP contribution in [0, 0.1) is 0 Å². The molecule has 1 nitrogen and oxygen atoms in total. The molecule has 0 heterocycles. The average molecular weight is 110 g/mol. The maximum absolute atomic E-state index is 8.63. The average Bonchev–Trinajstić information content (AvgIpc) is 1.69. The van der Waals surface area contributed by atoms with Gasteiger partial charge in [-0.25, -0.2) is 0 Å². The SMILES string of the molecule is C.Oc1ccccc1. The molecule has 0 atom stereocenters. The van der Waals surface area contributed by atoms with E-state index in [4.69, 9.17) is 5.11 Å². The molecule has 0 bridgehead atoms. The Hall–Kier alpha value is -0.980. The third-order valence-corrected chi connectivity index (χ3v) is 0.756. The predicted octanol–water partition coefficient (Wildman–Crippen LogP) is 2.03.